The van der Waals surface area contributed by atoms with Crippen LogP contribution in [0.25, 0.3) is 22.5 Å². The van der Waals surface area contributed by atoms with Crippen LogP contribution < -0.4 is 10.1 Å². The topological polar surface area (TPSA) is 101 Å². The number of aromatic nitrogens is 2. The minimum atomic E-state index is -1.09. The van der Waals surface area contributed by atoms with Crippen LogP contribution >= 0.6 is 0 Å². The van der Waals surface area contributed by atoms with Crippen molar-refractivity contribution < 1.29 is 19.4 Å². The third-order valence-electron chi connectivity index (χ3n) is 7.45. The van der Waals surface area contributed by atoms with Crippen molar-refractivity contribution in [1.29, 1.82) is 0 Å². The van der Waals surface area contributed by atoms with Gasteiger partial charge in [-0.15, -0.1) is 0 Å². The third kappa shape index (κ3) is 9.23. The van der Waals surface area contributed by atoms with E-state index in [0.717, 1.165) is 46.6 Å². The lowest BCUT2D eigenvalue weighted by atomic mass is 10.0. The molecule has 3 aromatic carbocycles. The second-order valence-corrected chi connectivity index (χ2v) is 11.1. The van der Waals surface area contributed by atoms with Gasteiger partial charge in [-0.1, -0.05) is 95.0 Å². The predicted molar refractivity (Wildman–Crippen MR) is 170 cm³/mol. The van der Waals surface area contributed by atoms with Crippen LogP contribution in [-0.4, -0.2) is 39.6 Å². The van der Waals surface area contributed by atoms with Crippen molar-refractivity contribution in [1.82, 2.24) is 15.3 Å². The molecule has 1 aromatic heterocycles. The molecule has 7 nitrogen and oxygen atoms in total. The van der Waals surface area contributed by atoms with Gasteiger partial charge in [-0.05, 0) is 53.3 Å². The maximum absolute atomic E-state index is 12.7. The van der Waals surface area contributed by atoms with Crippen LogP contribution in [0.5, 0.6) is 5.75 Å². The molecule has 0 saturated carbocycles. The van der Waals surface area contributed by atoms with Gasteiger partial charge in [0.25, 0.3) is 5.91 Å². The van der Waals surface area contributed by atoms with Crippen LogP contribution in [0.1, 0.15) is 80.3 Å². The maximum atomic E-state index is 12.7. The molecule has 0 bridgehead atoms. The van der Waals surface area contributed by atoms with Gasteiger partial charge < -0.3 is 15.2 Å². The molecule has 1 atom stereocenters. The molecule has 2 N–H and O–H groups in total. The third-order valence-corrected chi connectivity index (χ3v) is 7.45. The number of aliphatic carboxylic acids is 1. The van der Waals surface area contributed by atoms with Gasteiger partial charge in [0, 0.05) is 35.5 Å². The molecule has 1 heterocycles. The molecule has 0 aliphatic rings. The number of benzene rings is 3. The first-order valence-corrected chi connectivity index (χ1v) is 15.1. The van der Waals surface area contributed by atoms with Crippen molar-refractivity contribution in [2.45, 2.75) is 71.3 Å². The molecule has 43 heavy (non-hydrogen) atoms. The normalized spacial score (nSPS) is 11.7. The highest BCUT2D eigenvalue weighted by atomic mass is 16.5. The summed E-state index contributed by atoms with van der Waals surface area (Å²) in [5, 5.41) is 12.4. The monoisotopic (exact) mass is 579 g/mol. The van der Waals surface area contributed by atoms with Crippen molar-refractivity contribution in [2.75, 3.05) is 6.61 Å². The van der Waals surface area contributed by atoms with Crippen LogP contribution in [0.15, 0.2) is 85.2 Å². The van der Waals surface area contributed by atoms with E-state index in [0.29, 0.717) is 17.3 Å². The Kier molecular flexibility index (Phi) is 11.4. The Bertz CT molecular complexity index is 1450. The fraction of sp³-hybridized carbons (Fsp3) is 0.333. The van der Waals surface area contributed by atoms with Crippen LogP contribution in [0.4, 0.5) is 0 Å². The van der Waals surface area contributed by atoms with E-state index in [1.807, 2.05) is 60.7 Å². The highest BCUT2D eigenvalue weighted by Crippen LogP contribution is 2.24. The number of ether oxygens (including phenoxy) is 1. The van der Waals surface area contributed by atoms with Crippen molar-refractivity contribution in [2.24, 2.45) is 0 Å². The van der Waals surface area contributed by atoms with E-state index in [1.165, 1.54) is 25.7 Å². The van der Waals surface area contributed by atoms with Gasteiger partial charge in [0.1, 0.15) is 11.8 Å². The molecular weight excluding hydrogens is 538 g/mol. The summed E-state index contributed by atoms with van der Waals surface area (Å²) in [5.41, 5.74) is 5.07. The fourth-order valence-electron chi connectivity index (χ4n) is 4.75. The SMILES string of the molecule is CCCCCCCOc1ccc(-c2cnc(-c3ccc(C[C@H](NC(=O)c4ccc(C(C)C)cc4)C(=O)O)cc3)nc2)cc1. The van der Waals surface area contributed by atoms with E-state index < -0.39 is 17.9 Å². The van der Waals surface area contributed by atoms with Crippen LogP contribution in [0.3, 0.4) is 0 Å². The Balaban J connectivity index is 1.32. The van der Waals surface area contributed by atoms with E-state index in [-0.39, 0.29) is 6.42 Å². The summed E-state index contributed by atoms with van der Waals surface area (Å²) in [5.74, 6) is 0.292. The average Bonchev–Trinajstić information content (AvgIpc) is 3.03. The smallest absolute Gasteiger partial charge is 0.326 e. The number of hydrogen-bond acceptors (Lipinski definition) is 5. The maximum Gasteiger partial charge on any atom is 0.326 e. The standard InChI is InChI=1S/C36H41N3O4/c1-4-5-6-7-8-21-43-32-19-17-28(18-20-32)31-23-37-34(38-24-31)29-11-9-26(10-12-29)22-33(36(41)42)39-35(40)30-15-13-27(14-16-30)25(2)3/h9-20,23-25,33H,4-8,21-22H2,1-3H3,(H,39,40)(H,41,42)/t33-/m0/s1. The number of carbonyl (C=O) groups excluding carboxylic acids is 1. The number of amides is 1. The summed E-state index contributed by atoms with van der Waals surface area (Å²) in [6.45, 7) is 7.11. The summed E-state index contributed by atoms with van der Waals surface area (Å²) in [4.78, 5) is 33.7. The van der Waals surface area contributed by atoms with Gasteiger partial charge in [-0.3, -0.25) is 4.79 Å². The van der Waals surface area contributed by atoms with Gasteiger partial charge in [0.2, 0.25) is 0 Å². The number of nitrogens with one attached hydrogen (secondary N) is 1. The lowest BCUT2D eigenvalue weighted by molar-refractivity contribution is -0.139. The highest BCUT2D eigenvalue weighted by molar-refractivity contribution is 5.96. The molecule has 1 amide bonds. The fourth-order valence-corrected chi connectivity index (χ4v) is 4.75. The summed E-state index contributed by atoms with van der Waals surface area (Å²) < 4.78 is 5.87. The number of unbranched alkanes of at least 4 members (excludes halogenated alkanes) is 4. The minimum Gasteiger partial charge on any atom is -0.494 e. The second kappa shape index (κ2) is 15.6. The molecule has 0 spiro atoms. The molecule has 4 aromatic rings. The van der Waals surface area contributed by atoms with E-state index in [2.05, 4.69) is 36.1 Å². The number of hydrogen-bond donors (Lipinski definition) is 2. The average molecular weight is 580 g/mol. The zero-order valence-electron chi connectivity index (χ0n) is 25.3. The van der Waals surface area contributed by atoms with Crippen LogP contribution in [0.2, 0.25) is 0 Å². The zero-order valence-corrected chi connectivity index (χ0v) is 25.3. The quantitative estimate of drug-likeness (QED) is 0.140. The first-order chi connectivity index (χ1) is 20.8. The predicted octanol–water partition coefficient (Wildman–Crippen LogP) is 7.71. The van der Waals surface area contributed by atoms with Crippen molar-refractivity contribution in [3.63, 3.8) is 0 Å². The van der Waals surface area contributed by atoms with Crippen LogP contribution in [0, 0.1) is 0 Å². The van der Waals surface area contributed by atoms with Gasteiger partial charge in [0.15, 0.2) is 5.82 Å². The number of nitrogens with zero attached hydrogens (tertiary/aromatic N) is 2. The zero-order chi connectivity index (χ0) is 30.6. The molecule has 7 heteroatoms. The molecule has 224 valence electrons. The van der Waals surface area contributed by atoms with Gasteiger partial charge in [-0.25, -0.2) is 14.8 Å². The number of rotatable bonds is 15. The molecule has 4 rings (SSSR count). The van der Waals surface area contributed by atoms with Crippen LogP contribution in [-0.2, 0) is 11.2 Å². The van der Waals surface area contributed by atoms with E-state index in [1.54, 1.807) is 24.5 Å². The number of carbonyl (C=O) groups is 2. The lowest BCUT2D eigenvalue weighted by Gasteiger charge is -2.15. The molecular formula is C36H41N3O4. The Hall–Kier alpha value is -4.52. The molecule has 0 fully saturated rings. The summed E-state index contributed by atoms with van der Waals surface area (Å²) in [7, 11) is 0. The van der Waals surface area contributed by atoms with E-state index >= 15 is 0 Å². The number of carboxylic acid groups (broad SMARTS) is 1. The first-order valence-electron chi connectivity index (χ1n) is 15.1. The van der Waals surface area contributed by atoms with Gasteiger partial charge in [0.05, 0.1) is 6.61 Å². The van der Waals surface area contributed by atoms with E-state index in [9.17, 15) is 14.7 Å². The number of carboxylic acids is 1. The molecule has 0 saturated heterocycles. The minimum absolute atomic E-state index is 0.157. The van der Waals surface area contributed by atoms with Gasteiger partial charge in [-0.2, -0.15) is 0 Å². The molecule has 0 aliphatic carbocycles. The van der Waals surface area contributed by atoms with E-state index in [4.69, 9.17) is 4.74 Å². The Labute approximate surface area is 254 Å². The Morgan fingerprint density at radius 3 is 2.02 bits per heavy atom. The summed E-state index contributed by atoms with van der Waals surface area (Å²) in [6.07, 6.45) is 9.81. The largest absolute Gasteiger partial charge is 0.494 e. The molecule has 0 aliphatic heterocycles. The highest BCUT2D eigenvalue weighted by Gasteiger charge is 2.21. The Morgan fingerprint density at radius 1 is 0.791 bits per heavy atom. The molecule has 0 radical (unpaired) electrons. The summed E-state index contributed by atoms with van der Waals surface area (Å²) >= 11 is 0. The summed E-state index contributed by atoms with van der Waals surface area (Å²) in [6, 6.07) is 21.6. The van der Waals surface area contributed by atoms with Crippen molar-refractivity contribution in [3.8, 4) is 28.3 Å². The van der Waals surface area contributed by atoms with Crippen molar-refractivity contribution >= 4 is 11.9 Å². The molecule has 0 unspecified atom stereocenters. The van der Waals surface area contributed by atoms with Gasteiger partial charge >= 0.3 is 5.97 Å². The Morgan fingerprint density at radius 2 is 1.42 bits per heavy atom. The lowest BCUT2D eigenvalue weighted by Crippen LogP contribution is -2.42. The first kappa shape index (κ1) is 31.4. The van der Waals surface area contributed by atoms with Crippen molar-refractivity contribution in [3.05, 3.63) is 102 Å². The second-order valence-electron chi connectivity index (χ2n) is 11.1.